The number of nitrogens with zero attached hydrogens (tertiary/aromatic N) is 3. The molecule has 1 atom stereocenters. The molecule has 1 fully saturated rings. The number of ether oxygens (including phenoxy) is 1. The number of hydrogen-bond acceptors (Lipinski definition) is 4. The van der Waals surface area contributed by atoms with Crippen LogP contribution in [0, 0.1) is 5.82 Å². The van der Waals surface area contributed by atoms with Crippen molar-refractivity contribution < 1.29 is 31.9 Å². The highest BCUT2D eigenvalue weighted by Crippen LogP contribution is 2.34. The first-order valence-corrected chi connectivity index (χ1v) is 8.81. The van der Waals surface area contributed by atoms with Crippen molar-refractivity contribution in [2.75, 3.05) is 23.5 Å². The van der Waals surface area contributed by atoms with E-state index in [2.05, 4.69) is 11.6 Å². The van der Waals surface area contributed by atoms with Crippen LogP contribution in [-0.4, -0.2) is 36.7 Å². The lowest BCUT2D eigenvalue weighted by Crippen LogP contribution is -2.47. The summed E-state index contributed by atoms with van der Waals surface area (Å²) in [7, 11) is 1.35. The maximum Gasteiger partial charge on any atom is 0.416 e. The van der Waals surface area contributed by atoms with Crippen molar-refractivity contribution in [3.05, 3.63) is 59.0 Å². The lowest BCUT2D eigenvalue weighted by atomic mass is 10.1. The van der Waals surface area contributed by atoms with Crippen LogP contribution in [0.4, 0.5) is 33.9 Å². The minimum atomic E-state index is -4.71. The minimum absolute atomic E-state index is 0.135. The molecule has 1 aliphatic rings. The van der Waals surface area contributed by atoms with Gasteiger partial charge in [0.1, 0.15) is 18.2 Å². The number of aromatic nitrogens is 1. The number of pyridine rings is 1. The monoisotopic (exact) mass is 443 g/mol. The SMILES string of the molecule is C=Cc1cc(C(F)(F)F)cc(N2C(=O)OC[C@H]2C(=O)N(C)c2ccc(F)c(Cl)c2)n1. The Morgan fingerprint density at radius 1 is 1.37 bits per heavy atom. The molecule has 0 unspecified atom stereocenters. The van der Waals surface area contributed by atoms with Crippen LogP contribution >= 0.6 is 11.6 Å². The Hall–Kier alpha value is -3.14. The molecule has 0 N–H and O–H groups in total. The third-order valence-electron chi connectivity index (χ3n) is 4.39. The number of amides is 2. The van der Waals surface area contributed by atoms with Gasteiger partial charge in [0.2, 0.25) is 0 Å². The van der Waals surface area contributed by atoms with Crippen molar-refractivity contribution in [3.8, 4) is 0 Å². The molecule has 1 saturated heterocycles. The quantitative estimate of drug-likeness (QED) is 0.652. The Kier molecular flexibility index (Phi) is 5.71. The Morgan fingerprint density at radius 2 is 2.07 bits per heavy atom. The van der Waals surface area contributed by atoms with Crippen molar-refractivity contribution >= 4 is 41.2 Å². The van der Waals surface area contributed by atoms with E-state index in [1.807, 2.05) is 0 Å². The Morgan fingerprint density at radius 3 is 2.67 bits per heavy atom. The predicted octanol–water partition coefficient (Wildman–Crippen LogP) is 4.52. The summed E-state index contributed by atoms with van der Waals surface area (Å²) in [4.78, 5) is 31.0. The lowest BCUT2D eigenvalue weighted by molar-refractivity contribution is -0.137. The fraction of sp³-hybridized carbons (Fsp3) is 0.211. The zero-order chi connectivity index (χ0) is 22.2. The molecule has 0 spiro atoms. The highest BCUT2D eigenvalue weighted by atomic mass is 35.5. The summed E-state index contributed by atoms with van der Waals surface area (Å²) in [6.45, 7) is 2.99. The number of benzene rings is 1. The Balaban J connectivity index is 1.98. The molecule has 0 saturated carbocycles. The van der Waals surface area contributed by atoms with Crippen LogP contribution in [0.25, 0.3) is 6.08 Å². The van der Waals surface area contributed by atoms with Crippen LogP contribution in [0.3, 0.4) is 0 Å². The molecule has 0 aliphatic carbocycles. The topological polar surface area (TPSA) is 62.7 Å². The first-order chi connectivity index (χ1) is 14.0. The summed E-state index contributed by atoms with van der Waals surface area (Å²) < 4.78 is 58.0. The molecule has 1 aromatic heterocycles. The molecular formula is C19H14ClF4N3O3. The van der Waals surface area contributed by atoms with Gasteiger partial charge in [0.15, 0.2) is 6.04 Å². The van der Waals surface area contributed by atoms with Crippen LogP contribution in [0.2, 0.25) is 5.02 Å². The Bertz CT molecular complexity index is 1030. The number of rotatable bonds is 4. The van der Waals surface area contributed by atoms with Gasteiger partial charge in [0, 0.05) is 12.7 Å². The number of cyclic esters (lactones) is 1. The second kappa shape index (κ2) is 7.94. The third kappa shape index (κ3) is 4.09. The van der Waals surface area contributed by atoms with E-state index >= 15 is 0 Å². The van der Waals surface area contributed by atoms with Crippen LogP contribution in [-0.2, 0) is 15.7 Å². The molecule has 158 valence electrons. The maximum atomic E-state index is 13.4. The average Bonchev–Trinajstić information content (AvgIpc) is 3.09. The normalized spacial score (nSPS) is 16.4. The van der Waals surface area contributed by atoms with E-state index in [9.17, 15) is 27.2 Å². The van der Waals surface area contributed by atoms with E-state index in [1.165, 1.54) is 19.2 Å². The summed E-state index contributed by atoms with van der Waals surface area (Å²) in [5.74, 6) is -1.79. The highest BCUT2D eigenvalue weighted by molar-refractivity contribution is 6.31. The van der Waals surface area contributed by atoms with Gasteiger partial charge >= 0.3 is 12.3 Å². The second-order valence-corrected chi connectivity index (χ2v) is 6.71. The summed E-state index contributed by atoms with van der Waals surface area (Å²) >= 11 is 5.74. The maximum absolute atomic E-state index is 13.4. The zero-order valence-corrected chi connectivity index (χ0v) is 16.2. The smallest absolute Gasteiger partial charge is 0.416 e. The summed E-state index contributed by atoms with van der Waals surface area (Å²) in [5.41, 5.74) is -0.981. The Labute approximate surface area is 173 Å². The number of alkyl halides is 3. The average molecular weight is 444 g/mol. The summed E-state index contributed by atoms with van der Waals surface area (Å²) in [6.07, 6.45) is -4.65. The van der Waals surface area contributed by atoms with E-state index in [-0.39, 0.29) is 16.4 Å². The number of carbonyl (C=O) groups excluding carboxylic acids is 2. The van der Waals surface area contributed by atoms with E-state index in [1.54, 1.807) is 0 Å². The molecule has 6 nitrogen and oxygen atoms in total. The van der Waals surface area contributed by atoms with Gasteiger partial charge in [-0.3, -0.25) is 4.79 Å². The largest absolute Gasteiger partial charge is 0.446 e. The molecular weight excluding hydrogens is 430 g/mol. The van der Waals surface area contributed by atoms with Gasteiger partial charge in [0.05, 0.1) is 16.3 Å². The van der Waals surface area contributed by atoms with Gasteiger partial charge < -0.3 is 9.64 Å². The van der Waals surface area contributed by atoms with Gasteiger partial charge in [-0.05, 0) is 36.4 Å². The van der Waals surface area contributed by atoms with Gasteiger partial charge in [-0.1, -0.05) is 18.2 Å². The summed E-state index contributed by atoms with van der Waals surface area (Å²) in [6, 6.07) is 3.67. The van der Waals surface area contributed by atoms with Crippen molar-refractivity contribution in [2.24, 2.45) is 0 Å². The molecule has 11 heteroatoms. The number of anilines is 2. The molecule has 2 heterocycles. The van der Waals surface area contributed by atoms with Crippen molar-refractivity contribution in [3.63, 3.8) is 0 Å². The summed E-state index contributed by atoms with van der Waals surface area (Å²) in [5, 5.41) is -0.224. The van der Waals surface area contributed by atoms with Crippen LogP contribution < -0.4 is 9.80 Å². The van der Waals surface area contributed by atoms with Crippen LogP contribution in [0.1, 0.15) is 11.3 Å². The fourth-order valence-corrected chi connectivity index (χ4v) is 3.00. The van der Waals surface area contributed by atoms with E-state index < -0.39 is 48.0 Å². The lowest BCUT2D eigenvalue weighted by Gasteiger charge is -2.26. The number of likely N-dealkylation sites (N-methyl/N-ethyl adjacent to an activating group) is 1. The molecule has 2 amide bonds. The molecule has 30 heavy (non-hydrogen) atoms. The minimum Gasteiger partial charge on any atom is -0.446 e. The molecule has 3 rings (SSSR count). The van der Waals surface area contributed by atoms with Gasteiger partial charge in [-0.25, -0.2) is 19.1 Å². The first kappa shape index (κ1) is 21.6. The third-order valence-corrected chi connectivity index (χ3v) is 4.68. The standard InChI is InChI=1S/C19H14ClF4N3O3/c1-3-11-6-10(19(22,23)24)7-16(25-11)27-15(9-30-18(27)29)17(28)26(2)12-4-5-14(21)13(20)8-12/h3-8,15H,1,9H2,2H3/t15-/m0/s1. The highest BCUT2D eigenvalue weighted by Gasteiger charge is 2.43. The van der Waals surface area contributed by atoms with Crippen molar-refractivity contribution in [2.45, 2.75) is 12.2 Å². The van der Waals surface area contributed by atoms with Crippen LogP contribution in [0.5, 0.6) is 0 Å². The van der Waals surface area contributed by atoms with Gasteiger partial charge in [0.25, 0.3) is 5.91 Å². The van der Waals surface area contributed by atoms with Crippen LogP contribution in [0.15, 0.2) is 36.9 Å². The molecule has 2 aromatic rings. The number of hydrogen-bond donors (Lipinski definition) is 0. The zero-order valence-electron chi connectivity index (χ0n) is 15.4. The molecule has 1 aliphatic heterocycles. The predicted molar refractivity (Wildman–Crippen MR) is 102 cm³/mol. The van der Waals surface area contributed by atoms with E-state index in [4.69, 9.17) is 16.3 Å². The van der Waals surface area contributed by atoms with Gasteiger partial charge in [-0.15, -0.1) is 0 Å². The first-order valence-electron chi connectivity index (χ1n) is 8.43. The second-order valence-electron chi connectivity index (χ2n) is 6.30. The van der Waals surface area contributed by atoms with Crippen molar-refractivity contribution in [1.29, 1.82) is 0 Å². The van der Waals surface area contributed by atoms with E-state index in [0.29, 0.717) is 6.07 Å². The van der Waals surface area contributed by atoms with Crippen molar-refractivity contribution in [1.82, 2.24) is 4.98 Å². The van der Waals surface area contributed by atoms with E-state index in [0.717, 1.165) is 28.0 Å². The fourth-order valence-electron chi connectivity index (χ4n) is 2.83. The number of carbonyl (C=O) groups is 2. The molecule has 0 bridgehead atoms. The van der Waals surface area contributed by atoms with Gasteiger partial charge in [-0.2, -0.15) is 13.2 Å². The molecule has 1 aromatic carbocycles. The number of halogens is 5. The molecule has 0 radical (unpaired) electrons.